The van der Waals surface area contributed by atoms with E-state index in [1.54, 1.807) is 30.3 Å². The second-order valence-electron chi connectivity index (χ2n) is 6.16. The van der Waals surface area contributed by atoms with Crippen molar-refractivity contribution in [1.29, 1.82) is 0 Å². The van der Waals surface area contributed by atoms with Gasteiger partial charge in [-0.05, 0) is 37.3 Å². The predicted octanol–water partition coefficient (Wildman–Crippen LogP) is 2.37. The molecule has 2 N–H and O–H groups in total. The zero-order valence-corrected chi connectivity index (χ0v) is 18.5. The number of anilines is 1. The van der Waals surface area contributed by atoms with E-state index in [0.717, 1.165) is 38.4 Å². The molecule has 1 aliphatic rings. The van der Waals surface area contributed by atoms with Crippen molar-refractivity contribution in [2.45, 2.75) is 32.2 Å². The van der Waals surface area contributed by atoms with Gasteiger partial charge in [-0.25, -0.2) is 0 Å². The number of nitrogens with zero attached hydrogens (tertiary/aromatic N) is 3. The van der Waals surface area contributed by atoms with Crippen molar-refractivity contribution in [3.05, 3.63) is 17.5 Å². The Balaban J connectivity index is 0.00000312. The SMILES string of the molecule is CCNC(=NCCC(=O)N(C)C)NC1CCN(c2cccs2)CC1.I. The van der Waals surface area contributed by atoms with Crippen LogP contribution in [-0.4, -0.2) is 63.1 Å². The maximum absolute atomic E-state index is 11.6. The average Bonchev–Trinajstić information content (AvgIpc) is 3.10. The van der Waals surface area contributed by atoms with Crippen LogP contribution in [0.15, 0.2) is 22.5 Å². The summed E-state index contributed by atoms with van der Waals surface area (Å²) in [7, 11) is 3.55. The van der Waals surface area contributed by atoms with E-state index >= 15 is 0 Å². The highest BCUT2D eigenvalue weighted by molar-refractivity contribution is 14.0. The van der Waals surface area contributed by atoms with Crippen molar-refractivity contribution < 1.29 is 4.79 Å². The number of carbonyl (C=O) groups excluding carboxylic acids is 1. The topological polar surface area (TPSA) is 60.0 Å². The summed E-state index contributed by atoms with van der Waals surface area (Å²) in [5.41, 5.74) is 0. The highest BCUT2D eigenvalue weighted by atomic mass is 127. The molecule has 0 saturated carbocycles. The number of hydrogen-bond acceptors (Lipinski definition) is 4. The Bertz CT molecular complexity index is 527. The Labute approximate surface area is 172 Å². The molecule has 1 aromatic heterocycles. The molecule has 0 bridgehead atoms. The molecule has 8 heteroatoms. The summed E-state index contributed by atoms with van der Waals surface area (Å²) in [6.07, 6.45) is 2.64. The van der Waals surface area contributed by atoms with Gasteiger partial charge in [-0.15, -0.1) is 35.3 Å². The molecule has 2 rings (SSSR count). The maximum Gasteiger partial charge on any atom is 0.223 e. The van der Waals surface area contributed by atoms with Crippen LogP contribution in [0.1, 0.15) is 26.2 Å². The van der Waals surface area contributed by atoms with Gasteiger partial charge in [0.2, 0.25) is 5.91 Å². The van der Waals surface area contributed by atoms with Crippen molar-refractivity contribution in [2.75, 3.05) is 45.2 Å². The first-order chi connectivity index (χ1) is 11.6. The van der Waals surface area contributed by atoms with E-state index in [2.05, 4.69) is 45.0 Å². The zero-order chi connectivity index (χ0) is 17.4. The third-order valence-electron chi connectivity index (χ3n) is 4.09. The fourth-order valence-electron chi connectivity index (χ4n) is 2.69. The smallest absolute Gasteiger partial charge is 0.223 e. The van der Waals surface area contributed by atoms with Crippen molar-refractivity contribution in [1.82, 2.24) is 15.5 Å². The number of nitrogens with one attached hydrogen (secondary N) is 2. The van der Waals surface area contributed by atoms with E-state index < -0.39 is 0 Å². The van der Waals surface area contributed by atoms with Crippen LogP contribution < -0.4 is 15.5 Å². The molecule has 1 aromatic rings. The van der Waals surface area contributed by atoms with Crippen molar-refractivity contribution >= 4 is 52.2 Å². The van der Waals surface area contributed by atoms with E-state index in [-0.39, 0.29) is 29.9 Å². The Kier molecular flexibility index (Phi) is 10.2. The standard InChI is InChI=1S/C17H29N5OS.HI/c1-4-18-17(19-10-7-15(23)21(2)3)20-14-8-11-22(12-9-14)16-6-5-13-24-16;/h5-6,13-14H,4,7-12H2,1-3H3,(H2,18,19,20);1H. The minimum absolute atomic E-state index is 0. The number of aliphatic imine (C=N–C) groups is 1. The number of carbonyl (C=O) groups is 1. The van der Waals surface area contributed by atoms with Crippen LogP contribution in [0.4, 0.5) is 5.00 Å². The first kappa shape index (κ1) is 22.0. The molecule has 142 valence electrons. The molecule has 0 radical (unpaired) electrons. The van der Waals surface area contributed by atoms with Gasteiger partial charge >= 0.3 is 0 Å². The van der Waals surface area contributed by atoms with Crippen LogP contribution in [0.5, 0.6) is 0 Å². The van der Waals surface area contributed by atoms with Gasteiger partial charge in [0.15, 0.2) is 5.96 Å². The number of piperidine rings is 1. The molecule has 1 saturated heterocycles. The number of guanidine groups is 1. The van der Waals surface area contributed by atoms with Crippen LogP contribution in [-0.2, 0) is 4.79 Å². The number of thiophene rings is 1. The van der Waals surface area contributed by atoms with Gasteiger partial charge in [0.25, 0.3) is 0 Å². The zero-order valence-electron chi connectivity index (χ0n) is 15.3. The number of rotatable bonds is 6. The van der Waals surface area contributed by atoms with Gasteiger partial charge in [-0.2, -0.15) is 0 Å². The van der Waals surface area contributed by atoms with Gasteiger partial charge < -0.3 is 20.4 Å². The van der Waals surface area contributed by atoms with Crippen LogP contribution >= 0.6 is 35.3 Å². The lowest BCUT2D eigenvalue weighted by Gasteiger charge is -2.33. The molecule has 0 aromatic carbocycles. The highest BCUT2D eigenvalue weighted by Crippen LogP contribution is 2.24. The molecule has 0 unspecified atom stereocenters. The number of halogens is 1. The van der Waals surface area contributed by atoms with Crippen LogP contribution in [0.2, 0.25) is 0 Å². The monoisotopic (exact) mass is 479 g/mol. The van der Waals surface area contributed by atoms with Gasteiger partial charge in [-0.1, -0.05) is 0 Å². The fraction of sp³-hybridized carbons (Fsp3) is 0.647. The van der Waals surface area contributed by atoms with E-state index in [1.165, 1.54) is 5.00 Å². The largest absolute Gasteiger partial charge is 0.363 e. The van der Waals surface area contributed by atoms with Gasteiger partial charge in [-0.3, -0.25) is 9.79 Å². The molecule has 0 spiro atoms. The minimum atomic E-state index is 0. The Morgan fingerprint density at radius 1 is 1.40 bits per heavy atom. The summed E-state index contributed by atoms with van der Waals surface area (Å²) in [6, 6.07) is 4.73. The molecule has 2 heterocycles. The van der Waals surface area contributed by atoms with E-state index in [1.807, 2.05) is 0 Å². The van der Waals surface area contributed by atoms with Crippen LogP contribution in [0.3, 0.4) is 0 Å². The van der Waals surface area contributed by atoms with Crippen molar-refractivity contribution in [3.63, 3.8) is 0 Å². The quantitative estimate of drug-likeness (QED) is 0.374. The lowest BCUT2D eigenvalue weighted by atomic mass is 10.1. The lowest BCUT2D eigenvalue weighted by molar-refractivity contribution is -0.128. The normalized spacial score (nSPS) is 15.5. The van der Waals surface area contributed by atoms with Crippen LogP contribution in [0.25, 0.3) is 0 Å². The Hall–Kier alpha value is -1.03. The summed E-state index contributed by atoms with van der Waals surface area (Å²) >= 11 is 1.80. The van der Waals surface area contributed by atoms with E-state index in [4.69, 9.17) is 0 Å². The van der Waals surface area contributed by atoms with Crippen molar-refractivity contribution in [2.24, 2.45) is 4.99 Å². The molecule has 1 amide bonds. The molecular weight excluding hydrogens is 449 g/mol. The summed E-state index contributed by atoms with van der Waals surface area (Å²) < 4.78 is 0. The highest BCUT2D eigenvalue weighted by Gasteiger charge is 2.20. The average molecular weight is 479 g/mol. The third-order valence-corrected chi connectivity index (χ3v) is 5.02. The molecule has 0 aliphatic carbocycles. The van der Waals surface area contributed by atoms with Gasteiger partial charge in [0, 0.05) is 46.2 Å². The third kappa shape index (κ3) is 7.39. The molecule has 0 atom stereocenters. The minimum Gasteiger partial charge on any atom is -0.363 e. The second-order valence-corrected chi connectivity index (χ2v) is 7.08. The van der Waals surface area contributed by atoms with Gasteiger partial charge in [0.1, 0.15) is 0 Å². The first-order valence-corrected chi connectivity index (χ1v) is 9.51. The maximum atomic E-state index is 11.6. The van der Waals surface area contributed by atoms with Gasteiger partial charge in [0.05, 0.1) is 11.5 Å². The first-order valence-electron chi connectivity index (χ1n) is 8.63. The summed E-state index contributed by atoms with van der Waals surface area (Å²) in [5.74, 6) is 0.928. The van der Waals surface area contributed by atoms with E-state index in [0.29, 0.717) is 19.0 Å². The molecular formula is C17H30IN5OS. The number of amides is 1. The van der Waals surface area contributed by atoms with E-state index in [9.17, 15) is 4.79 Å². The Morgan fingerprint density at radius 2 is 2.12 bits per heavy atom. The molecule has 6 nitrogen and oxygen atoms in total. The summed E-state index contributed by atoms with van der Waals surface area (Å²) in [4.78, 5) is 20.2. The fourth-order valence-corrected chi connectivity index (χ4v) is 3.48. The molecule has 25 heavy (non-hydrogen) atoms. The summed E-state index contributed by atoms with van der Waals surface area (Å²) in [6.45, 7) is 5.52. The Morgan fingerprint density at radius 3 is 2.68 bits per heavy atom. The lowest BCUT2D eigenvalue weighted by Crippen LogP contribution is -2.48. The second kappa shape index (κ2) is 11.6. The van der Waals surface area contributed by atoms with Crippen molar-refractivity contribution in [3.8, 4) is 0 Å². The van der Waals surface area contributed by atoms with Crippen LogP contribution in [0, 0.1) is 0 Å². The predicted molar refractivity (Wildman–Crippen MR) is 117 cm³/mol. The summed E-state index contributed by atoms with van der Waals surface area (Å²) in [5, 5.41) is 10.3. The molecule has 1 fully saturated rings. The number of hydrogen-bond donors (Lipinski definition) is 2. The molecule has 1 aliphatic heterocycles.